The molecule has 0 aromatic heterocycles. The highest BCUT2D eigenvalue weighted by atomic mass is 16.3. The monoisotopic (exact) mass is 175 g/mol. The minimum absolute atomic E-state index is 0.184. The lowest BCUT2D eigenvalue weighted by molar-refractivity contribution is -0.327. The van der Waals surface area contributed by atoms with Crippen molar-refractivity contribution in [1.29, 1.82) is 0 Å². The summed E-state index contributed by atoms with van der Waals surface area (Å²) in [6.07, 6.45) is 0. The van der Waals surface area contributed by atoms with E-state index in [0.29, 0.717) is 16.0 Å². The first-order valence-electron chi connectivity index (χ1n) is 3.86. The van der Waals surface area contributed by atoms with Crippen LogP contribution in [0.3, 0.4) is 0 Å². The van der Waals surface area contributed by atoms with Gasteiger partial charge in [-0.3, -0.25) is 0 Å². The maximum Gasteiger partial charge on any atom is 0.390 e. The molecule has 0 unspecified atom stereocenters. The van der Waals surface area contributed by atoms with Crippen LogP contribution in [0.25, 0.3) is 0 Å². The number of nitrogens with zero attached hydrogens (tertiary/aromatic N) is 2. The van der Waals surface area contributed by atoms with Crippen LogP contribution >= 0.6 is 0 Å². The maximum atomic E-state index is 11.4. The Morgan fingerprint density at radius 3 is 2.77 bits per heavy atom. The average molecular weight is 175 g/mol. The molecule has 0 saturated carbocycles. The summed E-state index contributed by atoms with van der Waals surface area (Å²) in [6.45, 7) is 1.51. The summed E-state index contributed by atoms with van der Waals surface area (Å²) in [5.74, 6) is -0.355. The lowest BCUT2D eigenvalue weighted by atomic mass is 10.1. The fourth-order valence-corrected chi connectivity index (χ4v) is 1.23. The van der Waals surface area contributed by atoms with Gasteiger partial charge in [0.15, 0.2) is 5.69 Å². The van der Waals surface area contributed by atoms with Crippen LogP contribution in [-0.2, 0) is 0 Å². The van der Waals surface area contributed by atoms with Crippen molar-refractivity contribution in [3.63, 3.8) is 0 Å². The first-order chi connectivity index (χ1) is 6.20. The molecule has 0 radical (unpaired) electrons. The number of benzene rings is 1. The van der Waals surface area contributed by atoms with Gasteiger partial charge in [-0.2, -0.15) is 0 Å². The Bertz CT molecular complexity index is 435. The minimum atomic E-state index is -0.539. The minimum Gasteiger partial charge on any atom is -0.236 e. The van der Waals surface area contributed by atoms with Crippen molar-refractivity contribution in [3.05, 3.63) is 34.7 Å². The Balaban J connectivity index is 2.70. The SMILES string of the molecule is CC1=Nc2ccccc2C(=O)[N+]1=O. The van der Waals surface area contributed by atoms with Gasteiger partial charge in [0.25, 0.3) is 0 Å². The molecule has 64 valence electrons. The van der Waals surface area contributed by atoms with Gasteiger partial charge in [-0.1, -0.05) is 17.0 Å². The first-order valence-corrected chi connectivity index (χ1v) is 3.86. The van der Waals surface area contributed by atoms with Crippen LogP contribution in [-0.4, -0.2) is 16.5 Å². The van der Waals surface area contributed by atoms with Crippen LogP contribution in [0, 0.1) is 4.91 Å². The third-order valence-electron chi connectivity index (χ3n) is 1.90. The molecule has 0 aliphatic carbocycles. The van der Waals surface area contributed by atoms with E-state index in [4.69, 9.17) is 0 Å². The summed E-state index contributed by atoms with van der Waals surface area (Å²) < 4.78 is 0.308. The van der Waals surface area contributed by atoms with E-state index in [1.807, 2.05) is 0 Å². The van der Waals surface area contributed by atoms with E-state index >= 15 is 0 Å². The van der Waals surface area contributed by atoms with Gasteiger partial charge >= 0.3 is 11.7 Å². The van der Waals surface area contributed by atoms with Crippen molar-refractivity contribution in [2.24, 2.45) is 4.99 Å². The summed E-state index contributed by atoms with van der Waals surface area (Å²) in [6, 6.07) is 6.80. The normalized spacial score (nSPS) is 15.3. The molecule has 4 heteroatoms. The Morgan fingerprint density at radius 2 is 2.00 bits per heavy atom. The zero-order valence-electron chi connectivity index (χ0n) is 7.02. The molecule has 0 spiro atoms. The summed E-state index contributed by atoms with van der Waals surface area (Å²) in [5.41, 5.74) is 0.931. The summed E-state index contributed by atoms with van der Waals surface area (Å²) >= 11 is 0. The Morgan fingerprint density at radius 1 is 1.31 bits per heavy atom. The summed E-state index contributed by atoms with van der Waals surface area (Å²) in [7, 11) is 0. The van der Waals surface area contributed by atoms with Crippen molar-refractivity contribution in [2.45, 2.75) is 6.92 Å². The van der Waals surface area contributed by atoms with E-state index in [9.17, 15) is 9.70 Å². The van der Waals surface area contributed by atoms with E-state index in [-0.39, 0.29) is 5.84 Å². The largest absolute Gasteiger partial charge is 0.390 e. The quantitative estimate of drug-likeness (QED) is 0.563. The standard InChI is InChI=1S/C9H7N2O2/c1-6-10-8-5-3-2-4-7(8)9(12)11(6)13/h2-5H,1H3/q+1. The number of hydrogen-bond donors (Lipinski definition) is 0. The van der Waals surface area contributed by atoms with E-state index in [1.54, 1.807) is 24.3 Å². The number of fused-ring (bicyclic) bond motifs is 1. The highest BCUT2D eigenvalue weighted by Crippen LogP contribution is 2.23. The van der Waals surface area contributed by atoms with Crippen molar-refractivity contribution in [1.82, 2.24) is 0 Å². The fourth-order valence-electron chi connectivity index (χ4n) is 1.23. The molecule has 1 aliphatic rings. The average Bonchev–Trinajstić information content (AvgIpc) is 2.15. The molecule has 2 rings (SSSR count). The van der Waals surface area contributed by atoms with E-state index in [0.717, 1.165) is 0 Å². The Kier molecular flexibility index (Phi) is 1.55. The van der Waals surface area contributed by atoms with Gasteiger partial charge in [0, 0.05) is 6.92 Å². The smallest absolute Gasteiger partial charge is 0.236 e. The van der Waals surface area contributed by atoms with Gasteiger partial charge < -0.3 is 0 Å². The lowest BCUT2D eigenvalue weighted by Gasteiger charge is -2.01. The number of nitroso groups, excluding NO2 is 1. The molecule has 1 heterocycles. The van der Waals surface area contributed by atoms with Crippen LogP contribution in [0.1, 0.15) is 17.3 Å². The lowest BCUT2D eigenvalue weighted by Crippen LogP contribution is -2.26. The molecule has 0 saturated heterocycles. The molecule has 0 N–H and O–H groups in total. The number of amides is 1. The number of carbonyl (C=O) groups is 1. The van der Waals surface area contributed by atoms with Gasteiger partial charge in [0.1, 0.15) is 5.56 Å². The molecular formula is C9H7N2O2+. The highest BCUT2D eigenvalue weighted by molar-refractivity contribution is 6.02. The molecule has 4 nitrogen and oxygen atoms in total. The molecule has 0 fully saturated rings. The molecular weight excluding hydrogens is 168 g/mol. The number of aliphatic imine (C=N–C) groups is 1. The van der Waals surface area contributed by atoms with Gasteiger partial charge in [0.05, 0.1) is 4.76 Å². The number of para-hydroxylation sites is 1. The van der Waals surface area contributed by atoms with E-state index in [1.165, 1.54) is 6.92 Å². The second-order valence-electron chi connectivity index (χ2n) is 2.78. The summed E-state index contributed by atoms with van der Waals surface area (Å²) in [5, 5.41) is 0. The van der Waals surface area contributed by atoms with Crippen molar-refractivity contribution < 1.29 is 9.55 Å². The molecule has 0 bridgehead atoms. The van der Waals surface area contributed by atoms with Crippen LogP contribution in [0.15, 0.2) is 29.3 Å². The molecule has 1 aromatic rings. The third kappa shape index (κ3) is 1.07. The van der Waals surface area contributed by atoms with Crippen LogP contribution in [0.5, 0.6) is 0 Å². The topological polar surface area (TPSA) is 49.5 Å². The number of rotatable bonds is 0. The van der Waals surface area contributed by atoms with Gasteiger partial charge in [-0.25, -0.2) is 4.79 Å². The van der Waals surface area contributed by atoms with Crippen molar-refractivity contribution in [3.8, 4) is 0 Å². The Hall–Kier alpha value is -1.84. The molecule has 0 atom stereocenters. The molecule has 13 heavy (non-hydrogen) atoms. The van der Waals surface area contributed by atoms with Gasteiger partial charge in [-0.15, -0.1) is 0 Å². The zero-order chi connectivity index (χ0) is 9.42. The van der Waals surface area contributed by atoms with E-state index < -0.39 is 5.91 Å². The summed E-state index contributed by atoms with van der Waals surface area (Å²) in [4.78, 5) is 26.5. The predicted octanol–water partition coefficient (Wildman–Crippen LogP) is 1.67. The molecule has 1 aromatic carbocycles. The Labute approximate surface area is 74.5 Å². The van der Waals surface area contributed by atoms with Gasteiger partial charge in [-0.05, 0) is 17.1 Å². The number of hydrogen-bond acceptors (Lipinski definition) is 3. The van der Waals surface area contributed by atoms with Crippen molar-refractivity contribution >= 4 is 17.4 Å². The second-order valence-corrected chi connectivity index (χ2v) is 2.78. The highest BCUT2D eigenvalue weighted by Gasteiger charge is 2.33. The van der Waals surface area contributed by atoms with Crippen LogP contribution < -0.4 is 0 Å². The molecule has 1 aliphatic heterocycles. The number of carbonyl (C=O) groups excluding carboxylic acids is 1. The predicted molar refractivity (Wildman–Crippen MR) is 47.2 cm³/mol. The van der Waals surface area contributed by atoms with E-state index in [2.05, 4.69) is 4.99 Å². The third-order valence-corrected chi connectivity index (χ3v) is 1.90. The molecule has 1 amide bonds. The fraction of sp³-hybridized carbons (Fsp3) is 0.111. The zero-order valence-corrected chi connectivity index (χ0v) is 7.02. The van der Waals surface area contributed by atoms with Gasteiger partial charge in [0.2, 0.25) is 0 Å². The van der Waals surface area contributed by atoms with Crippen molar-refractivity contribution in [2.75, 3.05) is 0 Å². The maximum absolute atomic E-state index is 11.4. The van der Waals surface area contributed by atoms with Crippen LogP contribution in [0.4, 0.5) is 5.69 Å². The first kappa shape index (κ1) is 7.79. The number of amidine groups is 1. The van der Waals surface area contributed by atoms with Crippen LogP contribution in [0.2, 0.25) is 0 Å². The second kappa shape index (κ2) is 2.58.